The Bertz CT molecular complexity index is 464. The lowest BCUT2D eigenvalue weighted by Gasteiger charge is -2.16. The summed E-state index contributed by atoms with van der Waals surface area (Å²) >= 11 is 0. The van der Waals surface area contributed by atoms with Crippen LogP contribution >= 0.6 is 0 Å². The van der Waals surface area contributed by atoms with Gasteiger partial charge in [0.15, 0.2) is 0 Å². The molecule has 0 aromatic heterocycles. The summed E-state index contributed by atoms with van der Waals surface area (Å²) in [5, 5.41) is 6.19. The molecule has 0 bridgehead atoms. The Hall–Kier alpha value is -1.51. The molecule has 0 aliphatic heterocycles. The van der Waals surface area contributed by atoms with E-state index >= 15 is 0 Å². The SMILES string of the molecule is CCCC1(CNC(=O)c2ccc(NC)cc2C)CC1. The number of hydrogen-bond acceptors (Lipinski definition) is 2. The molecule has 2 N–H and O–H groups in total. The van der Waals surface area contributed by atoms with Gasteiger partial charge in [-0.3, -0.25) is 4.79 Å². The standard InChI is InChI=1S/C16H24N2O/c1-4-7-16(8-9-16)11-18-15(19)14-6-5-13(17-3)10-12(14)2/h5-6,10,17H,4,7-9,11H2,1-3H3,(H,18,19). The van der Waals surface area contributed by atoms with Gasteiger partial charge in [-0.15, -0.1) is 0 Å². The highest BCUT2D eigenvalue weighted by molar-refractivity contribution is 5.96. The van der Waals surface area contributed by atoms with Crippen LogP contribution in [-0.2, 0) is 0 Å². The Balaban J connectivity index is 1.96. The van der Waals surface area contributed by atoms with Crippen LogP contribution in [0, 0.1) is 12.3 Å². The molecule has 1 saturated carbocycles. The van der Waals surface area contributed by atoms with Gasteiger partial charge >= 0.3 is 0 Å². The molecule has 3 nitrogen and oxygen atoms in total. The molecule has 0 heterocycles. The van der Waals surface area contributed by atoms with E-state index in [4.69, 9.17) is 0 Å². The molecule has 3 heteroatoms. The molecule has 104 valence electrons. The number of anilines is 1. The lowest BCUT2D eigenvalue weighted by atomic mass is 10.0. The first-order valence-corrected chi connectivity index (χ1v) is 7.17. The average Bonchev–Trinajstić information content (AvgIpc) is 3.16. The molecule has 1 aliphatic carbocycles. The Morgan fingerprint density at radius 3 is 2.63 bits per heavy atom. The van der Waals surface area contributed by atoms with Gasteiger partial charge in [0.1, 0.15) is 0 Å². The normalized spacial score (nSPS) is 15.9. The van der Waals surface area contributed by atoms with Crippen molar-refractivity contribution in [3.63, 3.8) is 0 Å². The number of carbonyl (C=O) groups is 1. The van der Waals surface area contributed by atoms with Crippen LogP contribution in [0.4, 0.5) is 5.69 Å². The Labute approximate surface area is 115 Å². The maximum Gasteiger partial charge on any atom is 0.251 e. The average molecular weight is 260 g/mol. The highest BCUT2D eigenvalue weighted by Gasteiger charge is 2.41. The summed E-state index contributed by atoms with van der Waals surface area (Å²) in [5.74, 6) is 0.0579. The topological polar surface area (TPSA) is 41.1 Å². The highest BCUT2D eigenvalue weighted by atomic mass is 16.1. The second-order valence-electron chi connectivity index (χ2n) is 5.71. The van der Waals surface area contributed by atoms with Crippen molar-refractivity contribution in [3.8, 4) is 0 Å². The monoisotopic (exact) mass is 260 g/mol. The van der Waals surface area contributed by atoms with E-state index in [0.717, 1.165) is 23.4 Å². The van der Waals surface area contributed by atoms with Crippen molar-refractivity contribution in [1.29, 1.82) is 0 Å². The molecule has 0 spiro atoms. The number of aryl methyl sites for hydroxylation is 1. The number of benzene rings is 1. The zero-order chi connectivity index (χ0) is 13.9. The van der Waals surface area contributed by atoms with E-state index < -0.39 is 0 Å². The van der Waals surface area contributed by atoms with Crippen molar-refractivity contribution in [1.82, 2.24) is 5.32 Å². The molecule has 1 aromatic carbocycles. The highest BCUT2D eigenvalue weighted by Crippen LogP contribution is 2.48. The van der Waals surface area contributed by atoms with E-state index in [-0.39, 0.29) is 5.91 Å². The van der Waals surface area contributed by atoms with Crippen molar-refractivity contribution in [2.75, 3.05) is 18.9 Å². The van der Waals surface area contributed by atoms with E-state index in [9.17, 15) is 4.79 Å². The van der Waals surface area contributed by atoms with Gasteiger partial charge in [0.2, 0.25) is 0 Å². The summed E-state index contributed by atoms with van der Waals surface area (Å²) in [5.41, 5.74) is 3.25. The van der Waals surface area contributed by atoms with E-state index in [1.807, 2.05) is 32.2 Å². The maximum atomic E-state index is 12.2. The van der Waals surface area contributed by atoms with Crippen LogP contribution < -0.4 is 10.6 Å². The third kappa shape index (κ3) is 3.28. The lowest BCUT2D eigenvalue weighted by Crippen LogP contribution is -2.30. The molecular weight excluding hydrogens is 236 g/mol. The quantitative estimate of drug-likeness (QED) is 0.823. The fourth-order valence-electron chi connectivity index (χ4n) is 2.66. The molecule has 1 aliphatic rings. The van der Waals surface area contributed by atoms with E-state index in [0.29, 0.717) is 5.41 Å². The van der Waals surface area contributed by atoms with Crippen LogP contribution in [-0.4, -0.2) is 19.5 Å². The first-order chi connectivity index (χ1) is 9.10. The third-order valence-electron chi connectivity index (χ3n) is 4.12. The maximum absolute atomic E-state index is 12.2. The zero-order valence-corrected chi connectivity index (χ0v) is 12.2. The summed E-state index contributed by atoms with van der Waals surface area (Å²) in [7, 11) is 1.89. The predicted octanol–water partition coefficient (Wildman–Crippen LogP) is 3.35. The van der Waals surface area contributed by atoms with Crippen LogP contribution in [0.25, 0.3) is 0 Å². The molecule has 1 aromatic rings. The number of carbonyl (C=O) groups excluding carboxylic acids is 1. The molecule has 0 atom stereocenters. The zero-order valence-electron chi connectivity index (χ0n) is 12.2. The van der Waals surface area contributed by atoms with E-state index in [2.05, 4.69) is 17.6 Å². The first kappa shape index (κ1) is 13.9. The van der Waals surface area contributed by atoms with Crippen molar-refractivity contribution in [3.05, 3.63) is 29.3 Å². The van der Waals surface area contributed by atoms with Gasteiger partial charge in [-0.2, -0.15) is 0 Å². The Morgan fingerprint density at radius 2 is 2.11 bits per heavy atom. The number of hydrogen-bond donors (Lipinski definition) is 2. The minimum atomic E-state index is 0.0579. The smallest absolute Gasteiger partial charge is 0.251 e. The Morgan fingerprint density at radius 1 is 1.37 bits per heavy atom. The second kappa shape index (κ2) is 5.64. The van der Waals surface area contributed by atoms with Gasteiger partial charge in [0, 0.05) is 24.8 Å². The van der Waals surface area contributed by atoms with Crippen molar-refractivity contribution in [2.45, 2.75) is 39.5 Å². The third-order valence-corrected chi connectivity index (χ3v) is 4.12. The number of rotatable bonds is 6. The molecule has 2 rings (SSSR count). The summed E-state index contributed by atoms with van der Waals surface area (Å²) in [6, 6.07) is 5.85. The van der Waals surface area contributed by atoms with Gasteiger partial charge in [0.25, 0.3) is 5.91 Å². The fraction of sp³-hybridized carbons (Fsp3) is 0.562. The molecule has 0 saturated heterocycles. The number of nitrogens with one attached hydrogen (secondary N) is 2. The molecular formula is C16H24N2O. The molecule has 1 amide bonds. The fourth-order valence-corrected chi connectivity index (χ4v) is 2.66. The summed E-state index contributed by atoms with van der Waals surface area (Å²) in [6.45, 7) is 5.02. The second-order valence-corrected chi connectivity index (χ2v) is 5.71. The largest absolute Gasteiger partial charge is 0.388 e. The molecule has 0 radical (unpaired) electrons. The van der Waals surface area contributed by atoms with Crippen LogP contribution in [0.2, 0.25) is 0 Å². The molecule has 0 unspecified atom stereocenters. The predicted molar refractivity (Wildman–Crippen MR) is 79.6 cm³/mol. The number of amides is 1. The lowest BCUT2D eigenvalue weighted by molar-refractivity contribution is 0.0943. The van der Waals surface area contributed by atoms with Crippen LogP contribution in [0.3, 0.4) is 0 Å². The van der Waals surface area contributed by atoms with E-state index in [1.165, 1.54) is 25.7 Å². The van der Waals surface area contributed by atoms with Gasteiger partial charge in [-0.25, -0.2) is 0 Å². The van der Waals surface area contributed by atoms with Gasteiger partial charge in [-0.05, 0) is 55.4 Å². The van der Waals surface area contributed by atoms with Crippen LogP contribution in [0.5, 0.6) is 0 Å². The first-order valence-electron chi connectivity index (χ1n) is 7.17. The summed E-state index contributed by atoms with van der Waals surface area (Å²) in [6.07, 6.45) is 4.95. The van der Waals surface area contributed by atoms with Gasteiger partial charge in [0.05, 0.1) is 0 Å². The van der Waals surface area contributed by atoms with Crippen molar-refractivity contribution >= 4 is 11.6 Å². The van der Waals surface area contributed by atoms with Gasteiger partial charge in [-0.1, -0.05) is 13.3 Å². The molecule has 1 fully saturated rings. The minimum absolute atomic E-state index is 0.0579. The Kier molecular flexibility index (Phi) is 4.13. The van der Waals surface area contributed by atoms with Gasteiger partial charge < -0.3 is 10.6 Å². The van der Waals surface area contributed by atoms with Crippen LogP contribution in [0.15, 0.2) is 18.2 Å². The van der Waals surface area contributed by atoms with Crippen molar-refractivity contribution < 1.29 is 4.79 Å². The summed E-state index contributed by atoms with van der Waals surface area (Å²) in [4.78, 5) is 12.2. The van der Waals surface area contributed by atoms with E-state index in [1.54, 1.807) is 0 Å². The van der Waals surface area contributed by atoms with Crippen molar-refractivity contribution in [2.24, 2.45) is 5.41 Å². The van der Waals surface area contributed by atoms with Crippen LogP contribution in [0.1, 0.15) is 48.5 Å². The summed E-state index contributed by atoms with van der Waals surface area (Å²) < 4.78 is 0. The molecule has 19 heavy (non-hydrogen) atoms. The minimum Gasteiger partial charge on any atom is -0.388 e.